The maximum absolute atomic E-state index is 11.4. The molecule has 0 saturated carbocycles. The molecule has 0 amide bonds. The summed E-state index contributed by atoms with van der Waals surface area (Å²) in [5.41, 5.74) is 0.361. The monoisotopic (exact) mass is 243 g/mol. The molecule has 1 aromatic carbocycles. The van der Waals surface area contributed by atoms with E-state index in [1.165, 1.54) is 31.2 Å². The van der Waals surface area contributed by atoms with E-state index in [-0.39, 0.29) is 10.7 Å². The van der Waals surface area contributed by atoms with Gasteiger partial charge in [0.15, 0.2) is 5.78 Å². The van der Waals surface area contributed by atoms with E-state index in [9.17, 15) is 23.3 Å². The molecule has 0 spiro atoms. The fraction of sp³-hybridized carbons (Fsp3) is 0.222. The highest BCUT2D eigenvalue weighted by atomic mass is 32.2. The molecule has 1 aromatic rings. The van der Waals surface area contributed by atoms with Gasteiger partial charge in [-0.15, -0.1) is 0 Å². The summed E-state index contributed by atoms with van der Waals surface area (Å²) in [6, 6.07) is 5.04. The third-order valence-corrected chi connectivity index (χ3v) is 3.44. The first-order chi connectivity index (χ1) is 7.33. The molecular weight excluding hydrogens is 234 g/mol. The summed E-state index contributed by atoms with van der Waals surface area (Å²) < 4.78 is 22.8. The summed E-state index contributed by atoms with van der Waals surface area (Å²) >= 11 is 0. The van der Waals surface area contributed by atoms with Crippen molar-refractivity contribution in [1.29, 1.82) is 0 Å². The molecule has 0 unspecified atom stereocenters. The summed E-state index contributed by atoms with van der Waals surface area (Å²) in [5, 5.41) is 10.1. The molecule has 0 atom stereocenters. The Morgan fingerprint density at radius 1 is 1.31 bits per heavy atom. The molecule has 0 heterocycles. The predicted molar refractivity (Wildman–Crippen MR) is 55.5 cm³/mol. The molecule has 0 fully saturated rings. The van der Waals surface area contributed by atoms with Crippen molar-refractivity contribution in [3.05, 3.63) is 39.9 Å². The van der Waals surface area contributed by atoms with Crippen LogP contribution in [0.2, 0.25) is 0 Å². The van der Waals surface area contributed by atoms with Gasteiger partial charge in [0, 0.05) is 10.5 Å². The molecule has 7 heteroatoms. The van der Waals surface area contributed by atoms with Crippen LogP contribution in [0.3, 0.4) is 0 Å². The second-order valence-electron chi connectivity index (χ2n) is 3.16. The highest BCUT2D eigenvalue weighted by Gasteiger charge is 2.20. The molecule has 6 nitrogen and oxygen atoms in total. The number of rotatable bonds is 4. The maximum Gasteiger partial charge on any atom is 0.305 e. The molecule has 0 aromatic heterocycles. The zero-order chi connectivity index (χ0) is 12.3. The standard InChI is InChI=1S/C9H9NO5S/c1-7(11)8-2-4-9(5-3-8)16(14,15)6-10(12)13/h2-5H,6H2,1H3. The van der Waals surface area contributed by atoms with Crippen molar-refractivity contribution in [3.8, 4) is 0 Å². The lowest BCUT2D eigenvalue weighted by atomic mass is 10.2. The molecule has 0 radical (unpaired) electrons. The van der Waals surface area contributed by atoms with Gasteiger partial charge in [0.1, 0.15) is 0 Å². The van der Waals surface area contributed by atoms with Gasteiger partial charge in [0.05, 0.1) is 4.90 Å². The van der Waals surface area contributed by atoms with Crippen LogP contribution in [0.25, 0.3) is 0 Å². The number of Topliss-reactive ketones (excluding diaryl/α,β-unsaturated/α-hetero) is 1. The molecule has 0 aliphatic rings. The first-order valence-corrected chi connectivity index (χ1v) is 5.94. The second-order valence-corrected chi connectivity index (χ2v) is 5.12. The van der Waals surface area contributed by atoms with E-state index < -0.39 is 20.6 Å². The van der Waals surface area contributed by atoms with Gasteiger partial charge < -0.3 is 0 Å². The number of nitro groups is 1. The van der Waals surface area contributed by atoms with Gasteiger partial charge in [-0.25, -0.2) is 8.42 Å². The largest absolute Gasteiger partial charge is 0.305 e. The Hall–Kier alpha value is -1.76. The molecular formula is C9H9NO5S. The number of ketones is 1. The van der Waals surface area contributed by atoms with Crippen molar-refractivity contribution in [2.24, 2.45) is 0 Å². The summed E-state index contributed by atoms with van der Waals surface area (Å²) in [7, 11) is -3.91. The smallest absolute Gasteiger partial charge is 0.295 e. The summed E-state index contributed by atoms with van der Waals surface area (Å²) in [4.78, 5) is 20.0. The molecule has 0 bridgehead atoms. The highest BCUT2D eigenvalue weighted by Crippen LogP contribution is 2.12. The van der Waals surface area contributed by atoms with Gasteiger partial charge in [0.25, 0.3) is 0 Å². The number of carbonyl (C=O) groups excluding carboxylic acids is 1. The van der Waals surface area contributed by atoms with E-state index in [1.54, 1.807) is 0 Å². The number of carbonyl (C=O) groups is 1. The summed E-state index contributed by atoms with van der Waals surface area (Å²) in [6.07, 6.45) is 0. The molecule has 16 heavy (non-hydrogen) atoms. The number of benzene rings is 1. The fourth-order valence-corrected chi connectivity index (χ4v) is 2.09. The minimum absolute atomic E-state index is 0.158. The van der Waals surface area contributed by atoms with E-state index in [1.807, 2.05) is 0 Å². The third-order valence-electron chi connectivity index (χ3n) is 1.90. The van der Waals surface area contributed by atoms with E-state index in [0.29, 0.717) is 5.56 Å². The van der Waals surface area contributed by atoms with Crippen LogP contribution in [0.15, 0.2) is 29.2 Å². The SMILES string of the molecule is CC(=O)c1ccc(S(=O)(=O)C[N+](=O)[O-])cc1. The maximum atomic E-state index is 11.4. The van der Waals surface area contributed by atoms with Crippen LogP contribution in [0.4, 0.5) is 0 Å². The second kappa shape index (κ2) is 4.40. The van der Waals surface area contributed by atoms with E-state index in [4.69, 9.17) is 0 Å². The zero-order valence-electron chi connectivity index (χ0n) is 8.41. The van der Waals surface area contributed by atoms with Crippen LogP contribution < -0.4 is 0 Å². The van der Waals surface area contributed by atoms with Crippen LogP contribution >= 0.6 is 0 Å². The Labute approximate surface area is 92.0 Å². The molecule has 1 rings (SSSR count). The average molecular weight is 243 g/mol. The lowest BCUT2D eigenvalue weighted by Gasteiger charge is -2.00. The minimum Gasteiger partial charge on any atom is -0.295 e. The van der Waals surface area contributed by atoms with Crippen LogP contribution in [-0.4, -0.2) is 25.0 Å². The molecule has 0 N–H and O–H groups in total. The van der Waals surface area contributed by atoms with Crippen molar-refractivity contribution in [2.45, 2.75) is 11.8 Å². The average Bonchev–Trinajstić information content (AvgIpc) is 2.16. The minimum atomic E-state index is -3.91. The number of hydrogen-bond acceptors (Lipinski definition) is 5. The van der Waals surface area contributed by atoms with Crippen molar-refractivity contribution < 1.29 is 18.1 Å². The first kappa shape index (κ1) is 12.3. The molecule has 0 aliphatic heterocycles. The van der Waals surface area contributed by atoms with Gasteiger partial charge in [-0.3, -0.25) is 14.9 Å². The Morgan fingerprint density at radius 3 is 2.19 bits per heavy atom. The summed E-state index contributed by atoms with van der Waals surface area (Å²) in [6.45, 7) is 1.35. The van der Waals surface area contributed by atoms with Gasteiger partial charge >= 0.3 is 5.88 Å². The number of nitrogens with zero attached hydrogens (tertiary/aromatic N) is 1. The topological polar surface area (TPSA) is 94.3 Å². The Balaban J connectivity index is 3.07. The Bertz CT molecular complexity index is 517. The Kier molecular flexibility index (Phi) is 3.38. The van der Waals surface area contributed by atoms with Gasteiger partial charge in [-0.05, 0) is 19.1 Å². The van der Waals surface area contributed by atoms with Crippen molar-refractivity contribution in [2.75, 3.05) is 5.88 Å². The normalized spacial score (nSPS) is 11.1. The molecule has 0 aliphatic carbocycles. The number of hydrogen-bond donors (Lipinski definition) is 0. The third kappa shape index (κ3) is 2.86. The summed E-state index contributed by atoms with van der Waals surface area (Å²) in [5.74, 6) is -1.34. The quantitative estimate of drug-likeness (QED) is 0.444. The van der Waals surface area contributed by atoms with Crippen LogP contribution in [0.5, 0.6) is 0 Å². The fourth-order valence-electron chi connectivity index (χ4n) is 1.11. The Morgan fingerprint density at radius 2 is 1.81 bits per heavy atom. The highest BCUT2D eigenvalue weighted by molar-refractivity contribution is 7.91. The lowest BCUT2D eigenvalue weighted by Crippen LogP contribution is -2.14. The molecule has 86 valence electrons. The van der Waals surface area contributed by atoms with E-state index >= 15 is 0 Å². The van der Waals surface area contributed by atoms with Crippen LogP contribution in [-0.2, 0) is 9.84 Å². The number of sulfone groups is 1. The zero-order valence-corrected chi connectivity index (χ0v) is 9.23. The lowest BCUT2D eigenvalue weighted by molar-refractivity contribution is -0.458. The van der Waals surface area contributed by atoms with Gasteiger partial charge in [-0.1, -0.05) is 12.1 Å². The van der Waals surface area contributed by atoms with Crippen LogP contribution in [0.1, 0.15) is 17.3 Å². The molecule has 0 saturated heterocycles. The van der Waals surface area contributed by atoms with E-state index in [0.717, 1.165) is 0 Å². The predicted octanol–water partition coefficient (Wildman–Crippen LogP) is 0.897. The van der Waals surface area contributed by atoms with Crippen LogP contribution in [0, 0.1) is 10.1 Å². The van der Waals surface area contributed by atoms with Crippen molar-refractivity contribution in [3.63, 3.8) is 0 Å². The van der Waals surface area contributed by atoms with Gasteiger partial charge in [-0.2, -0.15) is 0 Å². The van der Waals surface area contributed by atoms with Gasteiger partial charge in [0.2, 0.25) is 9.84 Å². The van der Waals surface area contributed by atoms with Crippen molar-refractivity contribution >= 4 is 15.6 Å². The van der Waals surface area contributed by atoms with Crippen molar-refractivity contribution in [1.82, 2.24) is 0 Å². The first-order valence-electron chi connectivity index (χ1n) is 4.28. The van der Waals surface area contributed by atoms with E-state index in [2.05, 4.69) is 0 Å².